The fraction of sp³-hybridized carbons (Fsp3) is 0.125. The Hall–Kier alpha value is -2.36. The molecule has 0 saturated carbocycles. The van der Waals surface area contributed by atoms with Crippen LogP contribution in [0, 0.1) is 0 Å². The number of thiophene rings is 1. The molecule has 2 aromatic carbocycles. The zero-order valence-corrected chi connectivity index (χ0v) is 21.8. The van der Waals surface area contributed by atoms with E-state index in [2.05, 4.69) is 10.3 Å². The molecule has 2 aromatic heterocycles. The quantitative estimate of drug-likeness (QED) is 0.180. The number of esters is 1. The number of halogens is 2. The third-order valence-corrected chi connectivity index (χ3v) is 8.26. The van der Waals surface area contributed by atoms with Gasteiger partial charge in [-0.15, -0.1) is 22.7 Å². The van der Waals surface area contributed by atoms with E-state index in [-0.39, 0.29) is 18.3 Å². The lowest BCUT2D eigenvalue weighted by atomic mass is 10.2. The zero-order valence-electron chi connectivity index (χ0n) is 17.8. The van der Waals surface area contributed by atoms with Crippen molar-refractivity contribution in [3.05, 3.63) is 74.9 Å². The Morgan fingerprint density at radius 2 is 1.91 bits per heavy atom. The third-order valence-electron chi connectivity index (χ3n) is 4.54. The molecule has 1 amide bonds. The molecule has 1 N–H and O–H groups in total. The molecule has 34 heavy (non-hydrogen) atoms. The number of rotatable bonds is 8. The maximum absolute atomic E-state index is 12.7. The van der Waals surface area contributed by atoms with Crippen molar-refractivity contribution in [2.45, 2.75) is 11.3 Å². The molecule has 0 unspecified atom stereocenters. The molecule has 4 aromatic rings. The number of hydrogen-bond acceptors (Lipinski definition) is 7. The molecule has 0 fully saturated rings. The number of ether oxygens (including phenoxy) is 1. The minimum Gasteiger partial charge on any atom is -0.462 e. The average molecular weight is 550 g/mol. The molecule has 2 heterocycles. The number of thiazole rings is 1. The molecule has 0 atom stereocenters. The monoisotopic (exact) mass is 548 g/mol. The second-order valence-corrected chi connectivity index (χ2v) is 10.9. The van der Waals surface area contributed by atoms with Gasteiger partial charge in [0, 0.05) is 26.4 Å². The minimum atomic E-state index is -0.501. The summed E-state index contributed by atoms with van der Waals surface area (Å²) in [5.41, 5.74) is 3.01. The highest BCUT2D eigenvalue weighted by Crippen LogP contribution is 2.39. The lowest BCUT2D eigenvalue weighted by Gasteiger charge is -2.05. The van der Waals surface area contributed by atoms with Crippen LogP contribution in [0.3, 0.4) is 0 Å². The van der Waals surface area contributed by atoms with Gasteiger partial charge in [-0.3, -0.25) is 4.79 Å². The van der Waals surface area contributed by atoms with Crippen molar-refractivity contribution in [2.75, 3.05) is 17.7 Å². The topological polar surface area (TPSA) is 68.3 Å². The van der Waals surface area contributed by atoms with Gasteiger partial charge in [-0.2, -0.15) is 0 Å². The standard InChI is InChI=1S/C24H18Cl2N2O3S3/c1-2-31-23(30)22-18(11-20(34-22)16-9-8-15(25)10-17(16)26)27-21(29)13-33-24-28-19(12-32-24)14-6-4-3-5-7-14/h3-12H,2,13H2,1H3,(H,27,29). The van der Waals surface area contributed by atoms with Crippen LogP contribution in [-0.4, -0.2) is 29.2 Å². The average Bonchev–Trinajstić information content (AvgIpc) is 3.46. The van der Waals surface area contributed by atoms with Crippen molar-refractivity contribution in [3.8, 4) is 21.7 Å². The Kier molecular flexibility index (Phi) is 8.28. The van der Waals surface area contributed by atoms with Gasteiger partial charge in [-0.1, -0.05) is 71.4 Å². The second-order valence-electron chi connectivity index (χ2n) is 6.90. The van der Waals surface area contributed by atoms with Crippen molar-refractivity contribution in [1.82, 2.24) is 4.98 Å². The van der Waals surface area contributed by atoms with Crippen molar-refractivity contribution < 1.29 is 14.3 Å². The third kappa shape index (κ3) is 6.00. The van der Waals surface area contributed by atoms with Gasteiger partial charge < -0.3 is 10.1 Å². The fourth-order valence-corrected chi connectivity index (χ4v) is 6.28. The number of benzene rings is 2. The van der Waals surface area contributed by atoms with E-state index in [1.165, 1.54) is 34.4 Å². The van der Waals surface area contributed by atoms with Crippen molar-refractivity contribution in [3.63, 3.8) is 0 Å². The van der Waals surface area contributed by atoms with Crippen LogP contribution in [0.4, 0.5) is 5.69 Å². The molecule has 0 aliphatic heterocycles. The zero-order chi connectivity index (χ0) is 24.1. The summed E-state index contributed by atoms with van der Waals surface area (Å²) in [4.78, 5) is 30.8. The van der Waals surface area contributed by atoms with Crippen LogP contribution in [0.5, 0.6) is 0 Å². The van der Waals surface area contributed by atoms with E-state index in [0.29, 0.717) is 26.2 Å². The van der Waals surface area contributed by atoms with E-state index < -0.39 is 5.97 Å². The van der Waals surface area contributed by atoms with Crippen LogP contribution in [0.15, 0.2) is 64.3 Å². The minimum absolute atomic E-state index is 0.150. The number of carbonyl (C=O) groups excluding carboxylic acids is 2. The largest absolute Gasteiger partial charge is 0.462 e. The van der Waals surface area contributed by atoms with E-state index in [9.17, 15) is 9.59 Å². The predicted molar refractivity (Wildman–Crippen MR) is 143 cm³/mol. The summed E-state index contributed by atoms with van der Waals surface area (Å²) in [7, 11) is 0. The maximum atomic E-state index is 12.7. The molecule has 5 nitrogen and oxygen atoms in total. The normalized spacial score (nSPS) is 10.8. The highest BCUT2D eigenvalue weighted by atomic mass is 35.5. The Labute approximate surface area is 219 Å². The van der Waals surface area contributed by atoms with Crippen LogP contribution >= 0.6 is 57.6 Å². The van der Waals surface area contributed by atoms with E-state index >= 15 is 0 Å². The number of aromatic nitrogens is 1. The predicted octanol–water partition coefficient (Wildman–Crippen LogP) is 7.75. The van der Waals surface area contributed by atoms with Gasteiger partial charge in [0.1, 0.15) is 4.88 Å². The molecule has 0 aliphatic rings. The van der Waals surface area contributed by atoms with Gasteiger partial charge in [-0.25, -0.2) is 9.78 Å². The van der Waals surface area contributed by atoms with Crippen LogP contribution in [0.1, 0.15) is 16.6 Å². The first-order chi connectivity index (χ1) is 16.4. The molecular weight excluding hydrogens is 531 g/mol. The molecule has 10 heteroatoms. The molecule has 4 rings (SSSR count). The summed E-state index contributed by atoms with van der Waals surface area (Å²) in [6, 6.07) is 16.7. The maximum Gasteiger partial charge on any atom is 0.350 e. The van der Waals surface area contributed by atoms with Crippen molar-refractivity contribution in [1.29, 1.82) is 0 Å². The van der Waals surface area contributed by atoms with Gasteiger partial charge in [0.15, 0.2) is 4.34 Å². The lowest BCUT2D eigenvalue weighted by molar-refractivity contribution is -0.113. The first-order valence-corrected chi connectivity index (χ1v) is 13.6. The van der Waals surface area contributed by atoms with Crippen LogP contribution in [0.25, 0.3) is 21.7 Å². The molecule has 0 radical (unpaired) electrons. The van der Waals surface area contributed by atoms with Crippen LogP contribution < -0.4 is 5.32 Å². The van der Waals surface area contributed by atoms with Gasteiger partial charge in [0.05, 0.1) is 28.8 Å². The number of nitrogens with zero attached hydrogens (tertiary/aromatic N) is 1. The van der Waals surface area contributed by atoms with Gasteiger partial charge >= 0.3 is 5.97 Å². The summed E-state index contributed by atoms with van der Waals surface area (Å²) in [5.74, 6) is -0.602. The van der Waals surface area contributed by atoms with Gasteiger partial charge in [0.25, 0.3) is 0 Å². The molecular formula is C24H18Cl2N2O3S3. The van der Waals surface area contributed by atoms with E-state index in [0.717, 1.165) is 20.5 Å². The Morgan fingerprint density at radius 3 is 2.65 bits per heavy atom. The van der Waals surface area contributed by atoms with Crippen LogP contribution in [0.2, 0.25) is 10.0 Å². The summed E-state index contributed by atoms with van der Waals surface area (Å²) in [5, 5.41) is 5.77. The molecule has 0 spiro atoms. The Bertz CT molecular complexity index is 1320. The van der Waals surface area contributed by atoms with Gasteiger partial charge in [-0.05, 0) is 25.1 Å². The number of thioether (sulfide) groups is 1. The van der Waals surface area contributed by atoms with Gasteiger partial charge in [0.2, 0.25) is 5.91 Å². The number of carbonyl (C=O) groups is 2. The van der Waals surface area contributed by atoms with Crippen LogP contribution in [-0.2, 0) is 9.53 Å². The SMILES string of the molecule is CCOC(=O)c1sc(-c2ccc(Cl)cc2Cl)cc1NC(=O)CSc1nc(-c2ccccc2)cs1. The molecule has 0 saturated heterocycles. The summed E-state index contributed by atoms with van der Waals surface area (Å²) < 4.78 is 5.97. The molecule has 0 aliphatic carbocycles. The van der Waals surface area contributed by atoms with E-state index in [4.69, 9.17) is 27.9 Å². The number of nitrogens with one attached hydrogen (secondary N) is 1. The fourth-order valence-electron chi connectivity index (χ4n) is 3.03. The Balaban J connectivity index is 1.48. The lowest BCUT2D eigenvalue weighted by Crippen LogP contribution is -2.16. The number of hydrogen-bond donors (Lipinski definition) is 1. The Morgan fingerprint density at radius 1 is 1.12 bits per heavy atom. The highest BCUT2D eigenvalue weighted by molar-refractivity contribution is 8.01. The second kappa shape index (κ2) is 11.4. The van der Waals surface area contributed by atoms with Crippen molar-refractivity contribution in [2.24, 2.45) is 0 Å². The summed E-state index contributed by atoms with van der Waals surface area (Å²) >= 11 is 16.4. The smallest absolute Gasteiger partial charge is 0.350 e. The summed E-state index contributed by atoms with van der Waals surface area (Å²) in [6.45, 7) is 1.96. The van der Waals surface area contributed by atoms with Crippen molar-refractivity contribution >= 4 is 75.2 Å². The molecule has 0 bridgehead atoms. The highest BCUT2D eigenvalue weighted by Gasteiger charge is 2.21. The van der Waals surface area contributed by atoms with E-state index in [1.807, 2.05) is 35.7 Å². The van der Waals surface area contributed by atoms with E-state index in [1.54, 1.807) is 31.2 Å². The first-order valence-electron chi connectivity index (χ1n) is 10.1. The summed E-state index contributed by atoms with van der Waals surface area (Å²) in [6.07, 6.45) is 0. The first kappa shape index (κ1) is 24.8. The number of amides is 1. The molecule has 174 valence electrons. The number of anilines is 1.